The normalized spacial score (nSPS) is 12.2. The molecule has 2 aromatic rings. The zero-order valence-electron chi connectivity index (χ0n) is 9.94. The maximum atomic E-state index is 12.5. The summed E-state index contributed by atoms with van der Waals surface area (Å²) in [6, 6.07) is 8.07. The van der Waals surface area contributed by atoms with Crippen LogP contribution in [0.15, 0.2) is 28.6 Å². The number of benzene rings is 1. The molecule has 0 aliphatic carbocycles. The fourth-order valence-corrected chi connectivity index (χ4v) is 5.66. The molecule has 0 saturated carbocycles. The summed E-state index contributed by atoms with van der Waals surface area (Å²) < 4.78 is 24.7. The van der Waals surface area contributed by atoms with Crippen molar-refractivity contribution in [1.82, 2.24) is 4.98 Å². The zero-order valence-corrected chi connectivity index (χ0v) is 14.9. The Bertz CT molecular complexity index is 497. The van der Waals surface area contributed by atoms with Crippen LogP contribution in [-0.4, -0.2) is 29.4 Å². The van der Waals surface area contributed by atoms with Gasteiger partial charge >= 0.3 is 134 Å². The molecular formula is C12H12BrF2NS2Se. The minimum atomic E-state index is -2.64. The number of rotatable bonds is 7. The van der Waals surface area contributed by atoms with Crippen LogP contribution >= 0.6 is 39.0 Å². The molecule has 0 aliphatic heterocycles. The molecule has 1 aromatic carbocycles. The molecule has 0 bridgehead atoms. The van der Waals surface area contributed by atoms with E-state index in [-0.39, 0.29) is 0 Å². The van der Waals surface area contributed by atoms with Crippen molar-refractivity contribution in [2.45, 2.75) is 26.2 Å². The van der Waals surface area contributed by atoms with Crippen LogP contribution in [0, 0.1) is 0 Å². The number of thiazole rings is 1. The van der Waals surface area contributed by atoms with Gasteiger partial charge in [0.05, 0.1) is 0 Å². The summed E-state index contributed by atoms with van der Waals surface area (Å²) in [6.45, 7) is 0. The van der Waals surface area contributed by atoms with E-state index in [2.05, 4.69) is 27.0 Å². The van der Waals surface area contributed by atoms with Gasteiger partial charge in [0.2, 0.25) is 0 Å². The fourth-order valence-electron chi connectivity index (χ4n) is 1.46. The number of unbranched alkanes of at least 4 members (excludes halogenated alkanes) is 1. The van der Waals surface area contributed by atoms with E-state index in [4.69, 9.17) is 0 Å². The number of thioether (sulfide) groups is 1. The number of hydrogen-bond donors (Lipinski definition) is 0. The van der Waals surface area contributed by atoms with Crippen LogP contribution in [0.3, 0.4) is 0 Å². The monoisotopic (exact) mass is 431 g/mol. The predicted molar refractivity (Wildman–Crippen MR) is 84.0 cm³/mol. The van der Waals surface area contributed by atoms with Gasteiger partial charge in [0.1, 0.15) is 0 Å². The van der Waals surface area contributed by atoms with Gasteiger partial charge in [-0.25, -0.2) is 0 Å². The van der Waals surface area contributed by atoms with Gasteiger partial charge in [-0.2, -0.15) is 0 Å². The van der Waals surface area contributed by atoms with Crippen molar-refractivity contribution in [2.75, 3.05) is 5.75 Å². The van der Waals surface area contributed by atoms with Crippen LogP contribution in [0.25, 0.3) is 10.2 Å². The predicted octanol–water partition coefficient (Wildman–Crippen LogP) is 5.24. The van der Waals surface area contributed by atoms with Crippen molar-refractivity contribution in [3.05, 3.63) is 24.3 Å². The van der Waals surface area contributed by atoms with Gasteiger partial charge in [-0.15, -0.1) is 0 Å². The first-order valence-electron chi connectivity index (χ1n) is 5.74. The second kappa shape index (κ2) is 7.36. The molecule has 0 atom stereocenters. The van der Waals surface area contributed by atoms with E-state index in [0.717, 1.165) is 28.5 Å². The molecule has 0 aliphatic rings. The Morgan fingerprint density at radius 3 is 2.84 bits per heavy atom. The van der Waals surface area contributed by atoms with E-state index in [0.29, 0.717) is 5.32 Å². The topological polar surface area (TPSA) is 12.9 Å². The van der Waals surface area contributed by atoms with Crippen LogP contribution in [0.5, 0.6) is 0 Å². The quantitative estimate of drug-likeness (QED) is 0.258. The molecule has 1 aromatic heterocycles. The Balaban J connectivity index is 1.68. The van der Waals surface area contributed by atoms with Gasteiger partial charge in [-0.3, -0.25) is 0 Å². The van der Waals surface area contributed by atoms with Crippen molar-refractivity contribution in [3.8, 4) is 0 Å². The summed E-state index contributed by atoms with van der Waals surface area (Å²) in [6.07, 6.45) is 1.82. The fraction of sp³-hybridized carbons (Fsp3) is 0.417. The Labute approximate surface area is 133 Å². The van der Waals surface area contributed by atoms with Gasteiger partial charge in [0, 0.05) is 0 Å². The Morgan fingerprint density at radius 1 is 1.32 bits per heavy atom. The second-order valence-corrected chi connectivity index (χ2v) is 10.9. The number of hydrogen-bond acceptors (Lipinski definition) is 3. The van der Waals surface area contributed by atoms with E-state index in [1.165, 1.54) is 4.70 Å². The third-order valence-corrected chi connectivity index (χ3v) is 7.48. The maximum absolute atomic E-state index is 12.5. The third-order valence-electron chi connectivity index (χ3n) is 2.30. The standard InChI is InChI=1S/C12H12BrF2NS2Se/c13-12(14,15)19-8-4-3-7-17-11-16-9-5-1-2-6-10(9)18-11/h1-2,5-6H,3-4,7-8H2. The summed E-state index contributed by atoms with van der Waals surface area (Å²) in [7, 11) is 0. The van der Waals surface area contributed by atoms with Gasteiger partial charge in [-0.05, 0) is 0 Å². The van der Waals surface area contributed by atoms with Gasteiger partial charge in [0.25, 0.3) is 0 Å². The number of nitrogens with zero attached hydrogens (tertiary/aromatic N) is 1. The van der Waals surface area contributed by atoms with Crippen molar-refractivity contribution in [2.24, 2.45) is 0 Å². The van der Waals surface area contributed by atoms with Crippen LogP contribution in [-0.2, 0) is 0 Å². The summed E-state index contributed by atoms with van der Waals surface area (Å²) >= 11 is 5.17. The number of fused-ring (bicyclic) bond motifs is 1. The second-order valence-electron chi connectivity index (χ2n) is 3.80. The molecule has 7 heteroatoms. The van der Waals surface area contributed by atoms with Crippen LogP contribution in [0.1, 0.15) is 12.8 Å². The summed E-state index contributed by atoms with van der Waals surface area (Å²) in [5.41, 5.74) is 1.04. The SMILES string of the molecule is FC(F)(Br)[Se]CCCCSc1nc2ccccc2s1. The molecule has 1 nitrogen and oxygen atoms in total. The first kappa shape index (κ1) is 15.7. The molecule has 0 N–H and O–H groups in total. The Hall–Kier alpha value is 0.319. The molecule has 0 saturated heterocycles. The molecule has 0 radical (unpaired) electrons. The molecule has 2 rings (SSSR count). The molecule has 104 valence electrons. The third kappa shape index (κ3) is 5.68. The Morgan fingerprint density at radius 2 is 2.11 bits per heavy atom. The van der Waals surface area contributed by atoms with Crippen molar-refractivity contribution >= 4 is 64.2 Å². The van der Waals surface area contributed by atoms with Crippen LogP contribution in [0.2, 0.25) is 5.32 Å². The molecular weight excluding hydrogens is 419 g/mol. The molecule has 0 unspecified atom stereocenters. The van der Waals surface area contributed by atoms with Crippen molar-refractivity contribution < 1.29 is 8.78 Å². The average molecular weight is 431 g/mol. The Kier molecular flexibility index (Phi) is 6.09. The van der Waals surface area contributed by atoms with Crippen molar-refractivity contribution in [1.29, 1.82) is 0 Å². The van der Waals surface area contributed by atoms with E-state index >= 15 is 0 Å². The molecule has 0 spiro atoms. The van der Waals surface area contributed by atoms with E-state index in [1.54, 1.807) is 23.1 Å². The van der Waals surface area contributed by atoms with Crippen molar-refractivity contribution in [3.63, 3.8) is 0 Å². The number of aromatic nitrogens is 1. The van der Waals surface area contributed by atoms with Gasteiger partial charge < -0.3 is 0 Å². The van der Waals surface area contributed by atoms with E-state index in [9.17, 15) is 8.78 Å². The van der Waals surface area contributed by atoms with E-state index < -0.39 is 18.7 Å². The molecule has 19 heavy (non-hydrogen) atoms. The minimum absolute atomic E-state index is 0.617. The first-order chi connectivity index (χ1) is 9.04. The number of para-hydroxylation sites is 1. The number of halogens is 3. The van der Waals surface area contributed by atoms with Gasteiger partial charge in [0.15, 0.2) is 0 Å². The molecule has 0 fully saturated rings. The summed E-state index contributed by atoms with van der Waals surface area (Å²) in [4.78, 5) is 4.53. The molecule has 1 heterocycles. The zero-order chi connectivity index (χ0) is 13.7. The molecule has 0 amide bonds. The van der Waals surface area contributed by atoms with Gasteiger partial charge in [-0.1, -0.05) is 0 Å². The number of alkyl halides is 3. The first-order valence-corrected chi connectivity index (χ1v) is 10.4. The van der Waals surface area contributed by atoms with E-state index in [1.807, 2.05) is 18.2 Å². The summed E-state index contributed by atoms with van der Waals surface area (Å²) in [5, 5.41) is 0.617. The average Bonchev–Trinajstić information content (AvgIpc) is 2.74. The van der Waals surface area contributed by atoms with Crippen LogP contribution in [0.4, 0.5) is 8.78 Å². The summed E-state index contributed by atoms with van der Waals surface area (Å²) in [5.74, 6) is 0.948. The van der Waals surface area contributed by atoms with Crippen LogP contribution < -0.4 is 0 Å².